The molecule has 1 unspecified atom stereocenters. The maximum Gasteiger partial charge on any atom is 0.416 e. The summed E-state index contributed by atoms with van der Waals surface area (Å²) in [5, 5.41) is 6.27. The van der Waals surface area contributed by atoms with Gasteiger partial charge in [-0.2, -0.15) is 13.2 Å². The summed E-state index contributed by atoms with van der Waals surface area (Å²) in [6, 6.07) is 13.1. The van der Waals surface area contributed by atoms with Crippen LogP contribution in [0, 0.1) is 0 Å². The molecule has 2 aromatic carbocycles. The zero-order valence-corrected chi connectivity index (χ0v) is 19.7. The van der Waals surface area contributed by atoms with Crippen LogP contribution >= 0.6 is 11.3 Å². The molecule has 0 amide bonds. The number of alkyl halides is 3. The molecule has 0 saturated carbocycles. The summed E-state index contributed by atoms with van der Waals surface area (Å²) in [6.45, 7) is 1.17. The van der Waals surface area contributed by atoms with Crippen molar-refractivity contribution in [1.82, 2.24) is 9.97 Å². The fraction of sp³-hybridized carbons (Fsp3) is 0.308. The number of thiazole rings is 1. The van der Waals surface area contributed by atoms with E-state index in [0.717, 1.165) is 69.2 Å². The van der Waals surface area contributed by atoms with E-state index in [2.05, 4.69) is 28.5 Å². The van der Waals surface area contributed by atoms with E-state index in [4.69, 9.17) is 15.5 Å². The number of nitrogens with zero attached hydrogens (tertiary/aromatic N) is 2. The Morgan fingerprint density at radius 2 is 1.94 bits per heavy atom. The number of fused-ring (bicyclic) bond motifs is 1. The van der Waals surface area contributed by atoms with Crippen molar-refractivity contribution in [3.63, 3.8) is 0 Å². The molecule has 1 saturated heterocycles. The highest BCUT2D eigenvalue weighted by atomic mass is 32.1. The number of halogens is 3. The number of nitrogens with one attached hydrogen (secondary N) is 1. The van der Waals surface area contributed by atoms with Gasteiger partial charge in [-0.3, -0.25) is 4.98 Å². The highest BCUT2D eigenvalue weighted by Gasteiger charge is 2.30. The molecule has 5 nitrogen and oxygen atoms in total. The molecular weight excluding hydrogens is 473 g/mol. The zero-order chi connectivity index (χ0) is 24.4. The quantitative estimate of drug-likeness (QED) is 0.317. The summed E-state index contributed by atoms with van der Waals surface area (Å²) in [4.78, 5) is 10.1. The fourth-order valence-electron chi connectivity index (χ4n) is 4.27. The molecule has 1 aliphatic rings. The standard InChI is InChI=1S/C26H25F3N4OS/c27-26(28,29)20-7-3-16(4-8-20)12-21(30)15-32-25-33-23(22-2-1-11-34-22)24(35-25)18-5-6-19-14-31-10-9-17(19)13-18/h3-10,13-14,21-22H,1-2,11-12,15,30H2,(H,32,33)/t21-,22?/m1/s1. The minimum absolute atomic E-state index is 0.0363. The molecule has 0 bridgehead atoms. The molecule has 1 fully saturated rings. The number of pyridine rings is 1. The van der Waals surface area contributed by atoms with Gasteiger partial charge in [0, 0.05) is 37.0 Å². The molecule has 0 aliphatic carbocycles. The summed E-state index contributed by atoms with van der Waals surface area (Å²) >= 11 is 1.56. The van der Waals surface area contributed by atoms with Crippen LogP contribution in [0.4, 0.5) is 18.3 Å². The average Bonchev–Trinajstić information content (AvgIpc) is 3.52. The number of ether oxygens (including phenoxy) is 1. The van der Waals surface area contributed by atoms with Crippen molar-refractivity contribution in [3.8, 4) is 10.4 Å². The minimum Gasteiger partial charge on any atom is -0.372 e. The first-order valence-corrected chi connectivity index (χ1v) is 12.3. The largest absolute Gasteiger partial charge is 0.416 e. The van der Waals surface area contributed by atoms with Crippen LogP contribution in [-0.4, -0.2) is 29.2 Å². The van der Waals surface area contributed by atoms with Crippen molar-refractivity contribution < 1.29 is 17.9 Å². The lowest BCUT2D eigenvalue weighted by molar-refractivity contribution is -0.137. The van der Waals surface area contributed by atoms with Gasteiger partial charge in [-0.1, -0.05) is 35.6 Å². The van der Waals surface area contributed by atoms with Gasteiger partial charge in [-0.25, -0.2) is 4.98 Å². The lowest BCUT2D eigenvalue weighted by atomic mass is 10.0. The van der Waals surface area contributed by atoms with E-state index in [1.54, 1.807) is 17.5 Å². The Hall–Kier alpha value is -3.01. The van der Waals surface area contributed by atoms with Crippen LogP contribution in [-0.2, 0) is 17.3 Å². The summed E-state index contributed by atoms with van der Waals surface area (Å²) in [6.07, 6.45) is 1.65. The van der Waals surface area contributed by atoms with Crippen molar-refractivity contribution >= 4 is 27.2 Å². The van der Waals surface area contributed by atoms with Crippen molar-refractivity contribution in [2.45, 2.75) is 37.6 Å². The number of benzene rings is 2. The second-order valence-corrected chi connectivity index (χ2v) is 9.71. The van der Waals surface area contributed by atoms with E-state index >= 15 is 0 Å². The van der Waals surface area contributed by atoms with Gasteiger partial charge in [0.1, 0.15) is 6.10 Å². The first-order chi connectivity index (χ1) is 16.9. The topological polar surface area (TPSA) is 73.1 Å². The van der Waals surface area contributed by atoms with E-state index in [1.165, 1.54) is 12.1 Å². The SMILES string of the molecule is N[C@@H](CNc1nc(C2CCCO2)c(-c2ccc3cnccc3c2)s1)Cc1ccc(C(F)(F)F)cc1. The Morgan fingerprint density at radius 3 is 2.69 bits per heavy atom. The van der Waals surface area contributed by atoms with Gasteiger partial charge in [0.05, 0.1) is 16.1 Å². The van der Waals surface area contributed by atoms with E-state index in [-0.39, 0.29) is 12.1 Å². The monoisotopic (exact) mass is 498 g/mol. The Balaban J connectivity index is 1.31. The predicted molar refractivity (Wildman–Crippen MR) is 132 cm³/mol. The number of aromatic nitrogens is 2. The van der Waals surface area contributed by atoms with Crippen LogP contribution in [0.25, 0.3) is 21.2 Å². The summed E-state index contributed by atoms with van der Waals surface area (Å²) < 4.78 is 44.3. The lowest BCUT2D eigenvalue weighted by Crippen LogP contribution is -2.31. The van der Waals surface area contributed by atoms with Gasteiger partial charge < -0.3 is 15.8 Å². The summed E-state index contributed by atoms with van der Waals surface area (Å²) in [5.74, 6) is 0. The van der Waals surface area contributed by atoms with Gasteiger partial charge in [0.25, 0.3) is 0 Å². The average molecular weight is 499 g/mol. The Bertz CT molecular complexity index is 1300. The third-order valence-corrected chi connectivity index (χ3v) is 7.16. The molecule has 2 atom stereocenters. The Morgan fingerprint density at radius 1 is 1.11 bits per heavy atom. The summed E-state index contributed by atoms with van der Waals surface area (Å²) in [7, 11) is 0. The van der Waals surface area contributed by atoms with E-state index in [1.807, 2.05) is 12.3 Å². The van der Waals surface area contributed by atoms with Gasteiger partial charge in [-0.15, -0.1) is 0 Å². The number of anilines is 1. The number of nitrogens with two attached hydrogens (primary N) is 1. The molecule has 0 radical (unpaired) electrons. The van der Waals surface area contributed by atoms with Crippen molar-refractivity contribution in [2.24, 2.45) is 5.73 Å². The number of rotatable bonds is 7. The maximum atomic E-state index is 12.8. The third-order valence-electron chi connectivity index (χ3n) is 6.09. The molecule has 4 aromatic rings. The number of hydrogen-bond donors (Lipinski definition) is 2. The smallest absolute Gasteiger partial charge is 0.372 e. The first kappa shape index (κ1) is 23.7. The third kappa shape index (κ3) is 5.47. The normalized spacial score (nSPS) is 17.1. The fourth-order valence-corrected chi connectivity index (χ4v) is 5.29. The highest BCUT2D eigenvalue weighted by Crippen LogP contribution is 2.41. The van der Waals surface area contributed by atoms with Crippen LogP contribution in [0.5, 0.6) is 0 Å². The second-order valence-electron chi connectivity index (χ2n) is 8.71. The van der Waals surface area contributed by atoms with Crippen LogP contribution < -0.4 is 11.1 Å². The molecule has 9 heteroatoms. The molecular formula is C26H25F3N4OS. The molecule has 1 aliphatic heterocycles. The molecule has 5 rings (SSSR count). The minimum atomic E-state index is -4.34. The summed E-state index contributed by atoms with van der Waals surface area (Å²) in [5.41, 5.74) is 8.39. The van der Waals surface area contributed by atoms with Crippen LogP contribution in [0.2, 0.25) is 0 Å². The lowest BCUT2D eigenvalue weighted by Gasteiger charge is -2.13. The van der Waals surface area contributed by atoms with Crippen molar-refractivity contribution in [3.05, 3.63) is 77.7 Å². The van der Waals surface area contributed by atoms with Gasteiger partial charge >= 0.3 is 6.18 Å². The first-order valence-electron chi connectivity index (χ1n) is 11.5. The molecule has 3 N–H and O–H groups in total. The van der Waals surface area contributed by atoms with Gasteiger partial charge in [-0.05, 0) is 60.0 Å². The maximum absolute atomic E-state index is 12.8. The zero-order valence-electron chi connectivity index (χ0n) is 18.9. The van der Waals surface area contributed by atoms with Crippen molar-refractivity contribution in [1.29, 1.82) is 0 Å². The molecule has 2 aromatic heterocycles. The van der Waals surface area contributed by atoms with Gasteiger partial charge in [0.15, 0.2) is 5.13 Å². The van der Waals surface area contributed by atoms with E-state index in [0.29, 0.717) is 13.0 Å². The Kier molecular flexibility index (Phi) is 6.73. The van der Waals surface area contributed by atoms with Crippen LogP contribution in [0.3, 0.4) is 0 Å². The molecule has 182 valence electrons. The van der Waals surface area contributed by atoms with E-state index < -0.39 is 11.7 Å². The second kappa shape index (κ2) is 9.93. The predicted octanol–water partition coefficient (Wildman–Crippen LogP) is 6.21. The number of hydrogen-bond acceptors (Lipinski definition) is 6. The molecule has 0 spiro atoms. The highest BCUT2D eigenvalue weighted by molar-refractivity contribution is 7.19. The van der Waals surface area contributed by atoms with Crippen LogP contribution in [0.15, 0.2) is 60.9 Å². The van der Waals surface area contributed by atoms with Gasteiger partial charge in [0.2, 0.25) is 0 Å². The molecule has 35 heavy (non-hydrogen) atoms. The molecule has 3 heterocycles. The van der Waals surface area contributed by atoms with Crippen molar-refractivity contribution in [2.75, 3.05) is 18.5 Å². The Labute approximate surface area is 205 Å². The van der Waals surface area contributed by atoms with E-state index in [9.17, 15) is 13.2 Å². The van der Waals surface area contributed by atoms with Crippen LogP contribution in [0.1, 0.15) is 35.8 Å².